The number of hydrogen-bond acceptors (Lipinski definition) is 6. The standard InChI is InChI=1S/C13H19N3O4S/c1-15-5-6-20-12-9-16(8-11(12)15)21(17,18)10-3-4-13(19-2)14-7-10/h3-4,7,11-12H,5-6,8-9H2,1-2H3/t11-,12+/m0/s1. The lowest BCUT2D eigenvalue weighted by molar-refractivity contribution is -0.0366. The highest BCUT2D eigenvalue weighted by molar-refractivity contribution is 7.89. The van der Waals surface area contributed by atoms with Crippen LogP contribution in [0.2, 0.25) is 0 Å². The van der Waals surface area contributed by atoms with E-state index in [-0.39, 0.29) is 17.0 Å². The second-order valence-corrected chi connectivity index (χ2v) is 7.25. The Labute approximate surface area is 124 Å². The predicted octanol–water partition coefficient (Wildman–Crippen LogP) is -0.206. The largest absolute Gasteiger partial charge is 0.481 e. The number of aromatic nitrogens is 1. The lowest BCUT2D eigenvalue weighted by atomic mass is 10.1. The lowest BCUT2D eigenvalue weighted by Crippen LogP contribution is -2.48. The van der Waals surface area contributed by atoms with Gasteiger partial charge in [-0.2, -0.15) is 4.31 Å². The van der Waals surface area contributed by atoms with Crippen LogP contribution < -0.4 is 4.74 Å². The third-order valence-corrected chi connectivity index (χ3v) is 5.92. The van der Waals surface area contributed by atoms with Crippen LogP contribution in [0.15, 0.2) is 23.2 Å². The molecule has 0 unspecified atom stereocenters. The number of likely N-dealkylation sites (N-methyl/N-ethyl adjacent to an activating group) is 1. The van der Waals surface area contributed by atoms with Crippen molar-refractivity contribution in [2.75, 3.05) is 40.4 Å². The van der Waals surface area contributed by atoms with Crippen molar-refractivity contribution in [1.82, 2.24) is 14.2 Å². The number of rotatable bonds is 3. The molecule has 8 heteroatoms. The molecule has 1 aromatic rings. The Balaban J connectivity index is 1.82. The summed E-state index contributed by atoms with van der Waals surface area (Å²) in [6.07, 6.45) is 1.28. The first-order valence-corrected chi connectivity index (χ1v) is 8.28. The minimum absolute atomic E-state index is 0.0512. The van der Waals surface area contributed by atoms with Gasteiger partial charge < -0.3 is 9.47 Å². The summed E-state index contributed by atoms with van der Waals surface area (Å²) in [5.41, 5.74) is 0. The molecule has 2 aliphatic heterocycles. The predicted molar refractivity (Wildman–Crippen MR) is 75.7 cm³/mol. The molecule has 1 aromatic heterocycles. The van der Waals surface area contributed by atoms with Gasteiger partial charge in [-0.15, -0.1) is 0 Å². The maximum Gasteiger partial charge on any atom is 0.244 e. The van der Waals surface area contributed by atoms with Crippen LogP contribution >= 0.6 is 0 Å². The third kappa shape index (κ3) is 2.64. The van der Waals surface area contributed by atoms with Crippen LogP contribution in [0.25, 0.3) is 0 Å². The summed E-state index contributed by atoms with van der Waals surface area (Å²) in [5, 5.41) is 0. The van der Waals surface area contributed by atoms with Crippen LogP contribution in [0.3, 0.4) is 0 Å². The highest BCUT2D eigenvalue weighted by Crippen LogP contribution is 2.27. The first-order chi connectivity index (χ1) is 10.0. The molecule has 0 amide bonds. The zero-order valence-corrected chi connectivity index (χ0v) is 12.9. The number of sulfonamides is 1. The van der Waals surface area contributed by atoms with Gasteiger partial charge in [0.15, 0.2) is 0 Å². The maximum absolute atomic E-state index is 12.7. The van der Waals surface area contributed by atoms with Crippen LogP contribution in [-0.2, 0) is 14.8 Å². The van der Waals surface area contributed by atoms with Crippen molar-refractivity contribution in [3.8, 4) is 5.88 Å². The number of morpholine rings is 1. The number of ether oxygens (including phenoxy) is 2. The molecule has 0 aromatic carbocycles. The molecule has 3 heterocycles. The van der Waals surface area contributed by atoms with E-state index in [1.807, 2.05) is 7.05 Å². The van der Waals surface area contributed by atoms with E-state index in [1.165, 1.54) is 23.7 Å². The number of methoxy groups -OCH3 is 1. The van der Waals surface area contributed by atoms with Crippen LogP contribution in [-0.4, -0.2) is 75.2 Å². The van der Waals surface area contributed by atoms with E-state index in [0.717, 1.165) is 6.54 Å². The van der Waals surface area contributed by atoms with E-state index in [4.69, 9.17) is 9.47 Å². The molecule has 0 saturated carbocycles. The van der Waals surface area contributed by atoms with Gasteiger partial charge in [-0.25, -0.2) is 13.4 Å². The van der Waals surface area contributed by atoms with Crippen LogP contribution in [0.1, 0.15) is 0 Å². The average molecular weight is 313 g/mol. The van der Waals surface area contributed by atoms with E-state index < -0.39 is 10.0 Å². The monoisotopic (exact) mass is 313 g/mol. The molecule has 2 aliphatic rings. The quantitative estimate of drug-likeness (QED) is 0.769. The number of fused-ring (bicyclic) bond motifs is 1. The van der Waals surface area contributed by atoms with E-state index >= 15 is 0 Å². The van der Waals surface area contributed by atoms with Gasteiger partial charge >= 0.3 is 0 Å². The van der Waals surface area contributed by atoms with Crippen molar-refractivity contribution in [3.63, 3.8) is 0 Å². The Morgan fingerprint density at radius 3 is 2.81 bits per heavy atom. The van der Waals surface area contributed by atoms with Crippen molar-refractivity contribution < 1.29 is 17.9 Å². The van der Waals surface area contributed by atoms with Gasteiger partial charge in [-0.3, -0.25) is 4.90 Å². The Morgan fingerprint density at radius 1 is 1.38 bits per heavy atom. The van der Waals surface area contributed by atoms with E-state index in [1.54, 1.807) is 6.07 Å². The molecule has 3 rings (SSSR count). The average Bonchev–Trinajstić information content (AvgIpc) is 2.94. The number of nitrogens with zero attached hydrogens (tertiary/aromatic N) is 3. The first-order valence-electron chi connectivity index (χ1n) is 6.84. The third-order valence-electron chi connectivity index (χ3n) is 4.10. The number of pyridine rings is 1. The second-order valence-electron chi connectivity index (χ2n) is 5.32. The van der Waals surface area contributed by atoms with Crippen LogP contribution in [0, 0.1) is 0 Å². The molecule has 21 heavy (non-hydrogen) atoms. The summed E-state index contributed by atoms with van der Waals surface area (Å²) >= 11 is 0. The molecule has 0 bridgehead atoms. The molecule has 0 N–H and O–H groups in total. The van der Waals surface area contributed by atoms with Gasteiger partial charge in [0.1, 0.15) is 4.90 Å². The van der Waals surface area contributed by atoms with E-state index in [0.29, 0.717) is 25.6 Å². The molecule has 7 nitrogen and oxygen atoms in total. The summed E-state index contributed by atoms with van der Waals surface area (Å²) in [7, 11) is -0.0367. The molecular weight excluding hydrogens is 294 g/mol. The van der Waals surface area contributed by atoms with E-state index in [2.05, 4.69) is 9.88 Å². The Hall–Kier alpha value is -1.22. The van der Waals surface area contributed by atoms with Gasteiger partial charge in [-0.1, -0.05) is 0 Å². The van der Waals surface area contributed by atoms with Crippen molar-refractivity contribution in [2.45, 2.75) is 17.0 Å². The lowest BCUT2D eigenvalue weighted by Gasteiger charge is -2.33. The first kappa shape index (κ1) is 14.7. The fourth-order valence-corrected chi connectivity index (χ4v) is 4.23. The van der Waals surface area contributed by atoms with Gasteiger partial charge in [0.25, 0.3) is 0 Å². The van der Waals surface area contributed by atoms with Crippen molar-refractivity contribution in [2.24, 2.45) is 0 Å². The van der Waals surface area contributed by atoms with Crippen molar-refractivity contribution in [3.05, 3.63) is 18.3 Å². The fourth-order valence-electron chi connectivity index (χ4n) is 2.81. The smallest absolute Gasteiger partial charge is 0.244 e. The SMILES string of the molecule is COc1ccc(S(=O)(=O)N2C[C@H]3OCCN(C)[C@H]3C2)cn1. The second kappa shape index (κ2) is 5.53. The summed E-state index contributed by atoms with van der Waals surface area (Å²) in [6, 6.07) is 3.20. The summed E-state index contributed by atoms with van der Waals surface area (Å²) in [5.74, 6) is 0.395. The summed E-state index contributed by atoms with van der Waals surface area (Å²) < 4.78 is 37.4. The molecule has 116 valence electrons. The molecule has 2 fully saturated rings. The molecule has 2 atom stereocenters. The maximum atomic E-state index is 12.7. The Morgan fingerprint density at radius 2 is 2.19 bits per heavy atom. The van der Waals surface area contributed by atoms with Gasteiger partial charge in [0.2, 0.25) is 15.9 Å². The number of hydrogen-bond donors (Lipinski definition) is 0. The Bertz CT molecular complexity index is 604. The minimum Gasteiger partial charge on any atom is -0.481 e. The highest BCUT2D eigenvalue weighted by Gasteiger charge is 2.43. The van der Waals surface area contributed by atoms with Gasteiger partial charge in [0.05, 0.1) is 32.1 Å². The molecule has 2 saturated heterocycles. The summed E-state index contributed by atoms with van der Waals surface area (Å²) in [6.45, 7) is 2.33. The zero-order valence-electron chi connectivity index (χ0n) is 12.1. The molecule has 0 radical (unpaired) electrons. The normalized spacial score (nSPS) is 27.5. The summed E-state index contributed by atoms with van der Waals surface area (Å²) in [4.78, 5) is 6.32. The van der Waals surface area contributed by atoms with Crippen LogP contribution in [0.5, 0.6) is 5.88 Å². The van der Waals surface area contributed by atoms with Crippen molar-refractivity contribution >= 4 is 10.0 Å². The highest BCUT2D eigenvalue weighted by atomic mass is 32.2. The molecule has 0 spiro atoms. The molecule has 0 aliphatic carbocycles. The Kier molecular flexibility index (Phi) is 3.87. The van der Waals surface area contributed by atoms with Crippen LogP contribution in [0.4, 0.5) is 0 Å². The van der Waals surface area contributed by atoms with Crippen molar-refractivity contribution in [1.29, 1.82) is 0 Å². The van der Waals surface area contributed by atoms with E-state index in [9.17, 15) is 8.42 Å². The zero-order chi connectivity index (χ0) is 15.0. The van der Waals surface area contributed by atoms with Gasteiger partial charge in [-0.05, 0) is 13.1 Å². The fraction of sp³-hybridized carbons (Fsp3) is 0.615. The topological polar surface area (TPSA) is 72.0 Å². The minimum atomic E-state index is -3.54. The van der Waals surface area contributed by atoms with Gasteiger partial charge in [0, 0.05) is 25.7 Å². The molecular formula is C13H19N3O4S.